The summed E-state index contributed by atoms with van der Waals surface area (Å²) in [6.45, 7) is 4.84. The Morgan fingerprint density at radius 2 is 0.539 bits per heavy atom. The van der Waals surface area contributed by atoms with E-state index in [2.05, 4.69) is 291 Å². The van der Waals surface area contributed by atoms with E-state index in [9.17, 15) is 0 Å². The van der Waals surface area contributed by atoms with E-state index < -0.39 is 12.3 Å². The van der Waals surface area contributed by atoms with Crippen LogP contribution in [0.15, 0.2) is 267 Å². The van der Waals surface area contributed by atoms with Gasteiger partial charge in [0.2, 0.25) is 0 Å². The Labute approximate surface area is 453 Å². The van der Waals surface area contributed by atoms with Crippen molar-refractivity contribution in [3.05, 3.63) is 278 Å². The monoisotopic (exact) mass is 1000 g/mol. The predicted octanol–water partition coefficient (Wildman–Crippen LogP) is 1.91. The lowest BCUT2D eigenvalue weighted by Gasteiger charge is -2.44. The van der Waals surface area contributed by atoms with Gasteiger partial charge in [0.1, 0.15) is 12.3 Å². The first-order valence-electron chi connectivity index (χ1n) is 26.5. The number of rotatable bonds is 18. The van der Waals surface area contributed by atoms with E-state index in [1.807, 2.05) is 34.3 Å². The highest BCUT2D eigenvalue weighted by Crippen LogP contribution is 2.11. The van der Waals surface area contributed by atoms with E-state index >= 15 is 0 Å². The SMILES string of the molecule is CN(C)CCNC(N)=[NH+]Cc1cccc(C[NH+]=C(N)NCCN(C)C)c1.c1ccc([B-](c2ccccc2)(c2ccccc2)c2ccccc2)cc1.c1ccc([B-](c2ccccc2)(c2ccccc2)c2ccccc2)cc1. The van der Waals surface area contributed by atoms with Crippen LogP contribution in [0.4, 0.5) is 0 Å². The molecule has 10 heteroatoms. The molecule has 9 aromatic rings. The molecular weight excluding hydrogens is 926 g/mol. The topological polar surface area (TPSA) is 111 Å². The molecule has 8 nitrogen and oxygen atoms in total. The molecule has 0 aliphatic carbocycles. The molecule has 0 heterocycles. The van der Waals surface area contributed by atoms with Crippen molar-refractivity contribution in [3.8, 4) is 0 Å². The number of likely N-dealkylation sites (N-methyl/N-ethyl adjacent to an activating group) is 2. The van der Waals surface area contributed by atoms with Gasteiger partial charge in [-0.1, -0.05) is 261 Å². The summed E-state index contributed by atoms with van der Waals surface area (Å²) in [6, 6.07) is 95.4. The second kappa shape index (κ2) is 28.9. The summed E-state index contributed by atoms with van der Waals surface area (Å²) in [5.74, 6) is 1.19. The smallest absolute Gasteiger partial charge is 0.306 e. The second-order valence-corrected chi connectivity index (χ2v) is 19.8. The minimum Gasteiger partial charge on any atom is -0.306 e. The van der Waals surface area contributed by atoms with Gasteiger partial charge in [-0.05, 0) is 45.4 Å². The zero-order valence-electron chi connectivity index (χ0n) is 44.8. The van der Waals surface area contributed by atoms with Crippen LogP contribution in [-0.2, 0) is 13.1 Å². The van der Waals surface area contributed by atoms with E-state index in [0.717, 1.165) is 26.2 Å². The van der Waals surface area contributed by atoms with Crippen LogP contribution in [0.1, 0.15) is 11.1 Å². The number of nitrogens with one attached hydrogen (secondary N) is 4. The highest BCUT2D eigenvalue weighted by atomic mass is 15.1. The van der Waals surface area contributed by atoms with E-state index in [4.69, 9.17) is 11.5 Å². The number of nitrogens with zero attached hydrogens (tertiary/aromatic N) is 2. The summed E-state index contributed by atoms with van der Waals surface area (Å²) in [4.78, 5) is 10.6. The molecule has 0 aromatic heterocycles. The molecule has 0 amide bonds. The van der Waals surface area contributed by atoms with Crippen molar-refractivity contribution in [2.75, 3.05) is 54.4 Å². The maximum absolute atomic E-state index is 5.94. The average molecular weight is 1000 g/mol. The first-order chi connectivity index (χ1) is 37.2. The zero-order valence-corrected chi connectivity index (χ0v) is 44.8. The minimum absolute atomic E-state index is 0.595. The lowest BCUT2D eigenvalue weighted by molar-refractivity contribution is -0.479. The fourth-order valence-corrected chi connectivity index (χ4v) is 10.4. The Balaban J connectivity index is 0.000000166. The van der Waals surface area contributed by atoms with Gasteiger partial charge in [-0.15, -0.1) is 0 Å². The standard InChI is InChI=1S/2C24H20B.C18H34N8/c2*1-5-13-21(14-6-1)25(22-15-7-2-8-16-22,23-17-9-3-10-18-23)24-19-11-4-12-20-24;1-25(2)10-8-21-17(19)23-13-15-6-5-7-16(12-15)14-24-18(20)22-9-11-26(3)4/h2*1-20H;5-7,12H,8-11,13-14H2,1-4H3,(H3,19,21,23)(H3,20,22,24)/q2*-1;/p+2. The minimum atomic E-state index is -1.22. The average Bonchev–Trinajstić information content (AvgIpc) is 3.51. The molecular formula is C66H76B2N8. The van der Waals surface area contributed by atoms with Crippen molar-refractivity contribution in [1.82, 2.24) is 20.4 Å². The molecule has 0 radical (unpaired) electrons. The lowest BCUT2D eigenvalue weighted by Crippen LogP contribution is -2.78. The van der Waals surface area contributed by atoms with Gasteiger partial charge >= 0.3 is 11.9 Å². The third-order valence-electron chi connectivity index (χ3n) is 14.1. The van der Waals surface area contributed by atoms with Crippen LogP contribution < -0.4 is 75.8 Å². The quantitative estimate of drug-likeness (QED) is 0.0446. The Morgan fingerprint density at radius 1 is 0.329 bits per heavy atom. The maximum atomic E-state index is 5.94. The summed E-state index contributed by atoms with van der Waals surface area (Å²) in [5, 5.41) is 6.33. The van der Waals surface area contributed by atoms with E-state index in [1.54, 1.807) is 0 Å². The molecule has 76 heavy (non-hydrogen) atoms. The molecule has 0 aliphatic rings. The number of benzene rings is 9. The summed E-state index contributed by atoms with van der Waals surface area (Å²) < 4.78 is 0. The second-order valence-electron chi connectivity index (χ2n) is 19.8. The highest BCUT2D eigenvalue weighted by Gasteiger charge is 2.32. The van der Waals surface area contributed by atoms with Gasteiger partial charge in [0.05, 0.1) is 26.2 Å². The van der Waals surface area contributed by atoms with Crippen LogP contribution in [0.3, 0.4) is 0 Å². The molecule has 0 unspecified atom stereocenters. The van der Waals surface area contributed by atoms with Gasteiger partial charge in [-0.2, -0.15) is 43.7 Å². The Hall–Kier alpha value is -8.43. The predicted molar refractivity (Wildman–Crippen MR) is 327 cm³/mol. The van der Waals surface area contributed by atoms with Gasteiger partial charge < -0.3 is 9.80 Å². The Morgan fingerprint density at radius 3 is 0.737 bits per heavy atom. The number of hydrogen-bond donors (Lipinski definition) is 6. The van der Waals surface area contributed by atoms with Crippen molar-refractivity contribution in [1.29, 1.82) is 0 Å². The molecule has 0 spiro atoms. The first-order valence-corrected chi connectivity index (χ1v) is 26.5. The van der Waals surface area contributed by atoms with Gasteiger partial charge in [0.15, 0.2) is 0 Å². The molecule has 0 aliphatic heterocycles. The van der Waals surface area contributed by atoms with Gasteiger partial charge in [-0.25, -0.2) is 0 Å². The summed E-state index contributed by atoms with van der Waals surface area (Å²) in [5.41, 5.74) is 24.9. The van der Waals surface area contributed by atoms with Crippen LogP contribution in [-0.4, -0.2) is 88.4 Å². The van der Waals surface area contributed by atoms with Crippen LogP contribution in [0.5, 0.6) is 0 Å². The van der Waals surface area contributed by atoms with Crippen molar-refractivity contribution in [2.24, 2.45) is 11.5 Å². The van der Waals surface area contributed by atoms with Crippen LogP contribution in [0.2, 0.25) is 0 Å². The molecule has 9 rings (SSSR count). The third kappa shape index (κ3) is 14.9. The van der Waals surface area contributed by atoms with Gasteiger partial charge in [0.25, 0.3) is 0 Å². The highest BCUT2D eigenvalue weighted by molar-refractivity contribution is 7.20. The van der Waals surface area contributed by atoms with Gasteiger partial charge in [-0.3, -0.25) is 32.1 Å². The Kier molecular flexibility index (Phi) is 21.0. The van der Waals surface area contributed by atoms with Crippen LogP contribution in [0, 0.1) is 0 Å². The number of nitrogens with two attached hydrogens (primary N) is 2. The van der Waals surface area contributed by atoms with Crippen LogP contribution >= 0.6 is 0 Å². The van der Waals surface area contributed by atoms with E-state index in [0.29, 0.717) is 25.0 Å². The van der Waals surface area contributed by atoms with Gasteiger partial charge in [0, 0.05) is 13.1 Å². The molecule has 0 saturated carbocycles. The van der Waals surface area contributed by atoms with Crippen molar-refractivity contribution >= 4 is 67.9 Å². The molecule has 8 N–H and O–H groups in total. The normalized spacial score (nSPS) is 11.7. The Bertz CT molecular complexity index is 2560. The van der Waals surface area contributed by atoms with Crippen molar-refractivity contribution < 1.29 is 9.98 Å². The van der Waals surface area contributed by atoms with E-state index in [-0.39, 0.29) is 0 Å². The molecule has 0 saturated heterocycles. The third-order valence-corrected chi connectivity index (χ3v) is 14.1. The fourth-order valence-electron chi connectivity index (χ4n) is 10.4. The molecule has 0 atom stereocenters. The fraction of sp³-hybridized carbons (Fsp3) is 0.152. The largest absolute Gasteiger partial charge is 0.341 e. The number of guanidine groups is 2. The molecule has 0 fully saturated rings. The first kappa shape index (κ1) is 55.3. The lowest BCUT2D eigenvalue weighted by atomic mass is 9.13. The summed E-state index contributed by atoms with van der Waals surface area (Å²) in [7, 11) is 8.14. The number of hydrogen-bond acceptors (Lipinski definition) is 2. The van der Waals surface area contributed by atoms with Crippen LogP contribution in [0.25, 0.3) is 0 Å². The zero-order chi connectivity index (χ0) is 53.3. The summed E-state index contributed by atoms with van der Waals surface area (Å²) in [6.07, 6.45) is -2.43. The van der Waals surface area contributed by atoms with Crippen molar-refractivity contribution in [3.63, 3.8) is 0 Å². The molecule has 9 aromatic carbocycles. The van der Waals surface area contributed by atoms with E-state index in [1.165, 1.54) is 54.8 Å². The molecule has 386 valence electrons. The summed E-state index contributed by atoms with van der Waals surface area (Å²) >= 11 is 0. The van der Waals surface area contributed by atoms with Crippen molar-refractivity contribution in [2.45, 2.75) is 13.1 Å². The molecule has 0 bridgehead atoms. The maximum Gasteiger partial charge on any atom is 0.341 e.